The number of hydrogen-bond acceptors (Lipinski definition) is 3. The van der Waals surface area contributed by atoms with Crippen molar-refractivity contribution in [3.8, 4) is 0 Å². The Morgan fingerprint density at radius 1 is 0.909 bits per heavy atom. The van der Waals surface area contributed by atoms with Crippen LogP contribution in [-0.2, 0) is 25.2 Å². The van der Waals surface area contributed by atoms with Crippen LogP contribution in [0.4, 0.5) is 0 Å². The molecule has 0 aliphatic carbocycles. The molecule has 0 unspecified atom stereocenters. The second kappa shape index (κ2) is 6.17. The lowest BCUT2D eigenvalue weighted by Crippen LogP contribution is -2.40. The fourth-order valence-corrected chi connectivity index (χ4v) is 2.34. The Morgan fingerprint density at radius 2 is 1.36 bits per heavy atom. The fraction of sp³-hybridized carbons (Fsp3) is 0.438. The Labute approximate surface area is 128 Å². The summed E-state index contributed by atoms with van der Waals surface area (Å²) in [5.41, 5.74) is -1.25. The Balaban J connectivity index is 3.53. The van der Waals surface area contributed by atoms with Gasteiger partial charge >= 0.3 is 17.9 Å². The van der Waals surface area contributed by atoms with Crippen molar-refractivity contribution in [3.63, 3.8) is 0 Å². The van der Waals surface area contributed by atoms with E-state index in [2.05, 4.69) is 0 Å². The van der Waals surface area contributed by atoms with Crippen LogP contribution in [-0.4, -0.2) is 33.2 Å². The molecule has 1 rings (SSSR count). The molecular formula is C16H20O6. The molecule has 0 fully saturated rings. The Morgan fingerprint density at radius 3 is 1.73 bits per heavy atom. The summed E-state index contributed by atoms with van der Waals surface area (Å²) in [6.45, 7) is 5.80. The normalized spacial score (nSPS) is 12.0. The summed E-state index contributed by atoms with van der Waals surface area (Å²) < 4.78 is 0. The van der Waals surface area contributed by atoms with Gasteiger partial charge in [-0.15, -0.1) is 0 Å². The summed E-state index contributed by atoms with van der Waals surface area (Å²) in [6, 6.07) is 6.48. The van der Waals surface area contributed by atoms with Crippen molar-refractivity contribution in [2.45, 2.75) is 44.4 Å². The molecule has 0 heterocycles. The van der Waals surface area contributed by atoms with Crippen LogP contribution in [0.5, 0.6) is 0 Å². The van der Waals surface area contributed by atoms with E-state index in [0.717, 1.165) is 5.56 Å². The third kappa shape index (κ3) is 3.84. The molecule has 22 heavy (non-hydrogen) atoms. The minimum Gasteiger partial charge on any atom is -0.481 e. The molecule has 6 nitrogen and oxygen atoms in total. The second-order valence-corrected chi connectivity index (χ2v) is 6.36. The molecule has 0 saturated heterocycles. The standard InChI is InChI=1S/C16H20O6/c1-15(2,3)10-5-4-6-11(7-10)16(14(21)22,8-12(17)18)9-13(19)20/h4-7H,8-9H2,1-3H3,(H,17,18)(H,19,20)(H,21,22). The largest absolute Gasteiger partial charge is 0.481 e. The highest BCUT2D eigenvalue weighted by Gasteiger charge is 2.45. The lowest BCUT2D eigenvalue weighted by Gasteiger charge is -2.29. The zero-order valence-electron chi connectivity index (χ0n) is 12.8. The molecule has 3 N–H and O–H groups in total. The van der Waals surface area contributed by atoms with Crippen molar-refractivity contribution in [2.75, 3.05) is 0 Å². The predicted octanol–water partition coefficient (Wildman–Crippen LogP) is 2.26. The topological polar surface area (TPSA) is 112 Å². The molecule has 0 saturated carbocycles. The lowest BCUT2D eigenvalue weighted by atomic mass is 9.73. The molecule has 0 spiro atoms. The van der Waals surface area contributed by atoms with Crippen molar-refractivity contribution < 1.29 is 29.7 Å². The Hall–Kier alpha value is -2.37. The van der Waals surface area contributed by atoms with E-state index < -0.39 is 36.2 Å². The molecular weight excluding hydrogens is 288 g/mol. The number of carbonyl (C=O) groups is 3. The summed E-state index contributed by atoms with van der Waals surface area (Å²) >= 11 is 0. The molecule has 0 amide bonds. The molecule has 0 bridgehead atoms. The quantitative estimate of drug-likeness (QED) is 0.743. The average Bonchev–Trinajstić information content (AvgIpc) is 2.35. The average molecular weight is 308 g/mol. The SMILES string of the molecule is CC(C)(C)c1cccc(C(CC(=O)O)(CC(=O)O)C(=O)O)c1. The van der Waals surface area contributed by atoms with Gasteiger partial charge in [0.25, 0.3) is 0 Å². The van der Waals surface area contributed by atoms with Gasteiger partial charge in [-0.2, -0.15) is 0 Å². The van der Waals surface area contributed by atoms with E-state index in [1.165, 1.54) is 6.07 Å². The summed E-state index contributed by atoms with van der Waals surface area (Å²) in [5.74, 6) is -4.17. The number of hydrogen-bond donors (Lipinski definition) is 3. The zero-order chi connectivity index (χ0) is 17.1. The Bertz CT molecular complexity index is 581. The first kappa shape index (κ1) is 17.7. The van der Waals surface area contributed by atoms with Crippen LogP contribution in [0.2, 0.25) is 0 Å². The second-order valence-electron chi connectivity index (χ2n) is 6.36. The maximum Gasteiger partial charge on any atom is 0.315 e. The summed E-state index contributed by atoms with van der Waals surface area (Å²) in [5, 5.41) is 27.6. The van der Waals surface area contributed by atoms with Gasteiger partial charge < -0.3 is 15.3 Å². The molecule has 0 aliphatic rings. The summed E-state index contributed by atoms with van der Waals surface area (Å²) in [6.07, 6.45) is -1.58. The van der Waals surface area contributed by atoms with Gasteiger partial charge in [-0.3, -0.25) is 14.4 Å². The zero-order valence-corrected chi connectivity index (χ0v) is 12.8. The van der Waals surface area contributed by atoms with Crippen molar-refractivity contribution >= 4 is 17.9 Å². The van der Waals surface area contributed by atoms with E-state index in [-0.39, 0.29) is 11.0 Å². The molecule has 120 valence electrons. The Kier molecular flexibility index (Phi) is 4.96. The molecule has 6 heteroatoms. The first-order valence-corrected chi connectivity index (χ1v) is 6.77. The van der Waals surface area contributed by atoms with Crippen LogP contribution in [0.15, 0.2) is 24.3 Å². The first-order valence-electron chi connectivity index (χ1n) is 6.77. The van der Waals surface area contributed by atoms with Crippen LogP contribution in [0.1, 0.15) is 44.7 Å². The number of benzene rings is 1. The van der Waals surface area contributed by atoms with Gasteiger partial charge in [-0.25, -0.2) is 0 Å². The van der Waals surface area contributed by atoms with Gasteiger partial charge in [0.1, 0.15) is 5.41 Å². The van der Waals surface area contributed by atoms with E-state index in [1.54, 1.807) is 18.2 Å². The maximum absolute atomic E-state index is 11.7. The van der Waals surface area contributed by atoms with Crippen molar-refractivity contribution in [3.05, 3.63) is 35.4 Å². The van der Waals surface area contributed by atoms with Crippen LogP contribution < -0.4 is 0 Å². The fourth-order valence-electron chi connectivity index (χ4n) is 2.34. The van der Waals surface area contributed by atoms with Gasteiger partial charge in [0, 0.05) is 0 Å². The van der Waals surface area contributed by atoms with Crippen LogP contribution in [0.3, 0.4) is 0 Å². The number of aliphatic carboxylic acids is 3. The molecule has 0 aromatic heterocycles. The van der Waals surface area contributed by atoms with E-state index >= 15 is 0 Å². The monoisotopic (exact) mass is 308 g/mol. The smallest absolute Gasteiger partial charge is 0.315 e. The third-order valence-corrected chi connectivity index (χ3v) is 3.60. The van der Waals surface area contributed by atoms with E-state index in [9.17, 15) is 19.5 Å². The summed E-state index contributed by atoms with van der Waals surface area (Å²) in [7, 11) is 0. The van der Waals surface area contributed by atoms with Crippen LogP contribution in [0, 0.1) is 0 Å². The predicted molar refractivity (Wildman–Crippen MR) is 79.0 cm³/mol. The highest BCUT2D eigenvalue weighted by molar-refractivity contribution is 5.91. The van der Waals surface area contributed by atoms with Crippen molar-refractivity contribution in [1.82, 2.24) is 0 Å². The highest BCUT2D eigenvalue weighted by Crippen LogP contribution is 2.35. The molecule has 0 aliphatic heterocycles. The van der Waals surface area contributed by atoms with E-state index in [4.69, 9.17) is 10.2 Å². The minimum absolute atomic E-state index is 0.192. The van der Waals surface area contributed by atoms with Gasteiger partial charge in [0.05, 0.1) is 12.8 Å². The highest BCUT2D eigenvalue weighted by atomic mass is 16.4. The van der Waals surface area contributed by atoms with E-state index in [0.29, 0.717) is 0 Å². The van der Waals surface area contributed by atoms with Gasteiger partial charge in [-0.1, -0.05) is 45.0 Å². The van der Waals surface area contributed by atoms with Gasteiger partial charge in [0.2, 0.25) is 0 Å². The van der Waals surface area contributed by atoms with Gasteiger partial charge in [0.15, 0.2) is 0 Å². The molecule has 1 aromatic carbocycles. The minimum atomic E-state index is -1.99. The molecule has 0 atom stereocenters. The van der Waals surface area contributed by atoms with Crippen LogP contribution in [0.25, 0.3) is 0 Å². The summed E-state index contributed by atoms with van der Waals surface area (Å²) in [4.78, 5) is 33.9. The third-order valence-electron chi connectivity index (χ3n) is 3.60. The molecule has 0 radical (unpaired) electrons. The van der Waals surface area contributed by atoms with Gasteiger partial charge in [-0.05, 0) is 16.5 Å². The molecule has 1 aromatic rings. The number of carboxylic acid groups (broad SMARTS) is 3. The number of rotatable bonds is 6. The van der Waals surface area contributed by atoms with Crippen molar-refractivity contribution in [1.29, 1.82) is 0 Å². The first-order chi connectivity index (χ1) is 9.99. The lowest BCUT2D eigenvalue weighted by molar-refractivity contribution is -0.154. The maximum atomic E-state index is 11.7. The van der Waals surface area contributed by atoms with Crippen LogP contribution >= 0.6 is 0 Å². The van der Waals surface area contributed by atoms with E-state index in [1.807, 2.05) is 20.8 Å². The van der Waals surface area contributed by atoms with Crippen molar-refractivity contribution in [2.24, 2.45) is 0 Å². The number of carboxylic acids is 3.